The highest BCUT2D eigenvalue weighted by molar-refractivity contribution is 5.95. The van der Waals surface area contributed by atoms with Gasteiger partial charge in [0.15, 0.2) is 17.4 Å². The van der Waals surface area contributed by atoms with Gasteiger partial charge >= 0.3 is 0 Å². The quantitative estimate of drug-likeness (QED) is 0.285. The molecule has 30 heavy (non-hydrogen) atoms. The Labute approximate surface area is 174 Å². The van der Waals surface area contributed by atoms with Gasteiger partial charge in [0.25, 0.3) is 0 Å². The van der Waals surface area contributed by atoms with Crippen LogP contribution >= 0.6 is 0 Å². The molecule has 1 heterocycles. The number of benzene rings is 3. The summed E-state index contributed by atoms with van der Waals surface area (Å²) < 4.78 is 0. The van der Waals surface area contributed by atoms with Gasteiger partial charge in [0.1, 0.15) is 11.5 Å². The van der Waals surface area contributed by atoms with Crippen LogP contribution in [-0.2, 0) is 0 Å². The van der Waals surface area contributed by atoms with Gasteiger partial charge < -0.3 is 16.2 Å². The zero-order chi connectivity index (χ0) is 21.1. The van der Waals surface area contributed by atoms with Crippen molar-refractivity contribution in [3.63, 3.8) is 0 Å². The number of nitrogens with two attached hydrogens (primary N) is 1. The molecule has 0 spiro atoms. The van der Waals surface area contributed by atoms with E-state index in [9.17, 15) is 5.11 Å². The van der Waals surface area contributed by atoms with E-state index >= 15 is 0 Å². The Bertz CT molecular complexity index is 1190. The molecule has 1 aromatic heterocycles. The number of aromatic nitrogens is 2. The zero-order valence-corrected chi connectivity index (χ0v) is 16.4. The molecule has 0 saturated carbocycles. The van der Waals surface area contributed by atoms with Crippen LogP contribution in [-0.4, -0.2) is 20.9 Å². The summed E-state index contributed by atoms with van der Waals surface area (Å²) in [6, 6.07) is 24.5. The summed E-state index contributed by atoms with van der Waals surface area (Å²) in [7, 11) is 0. The van der Waals surface area contributed by atoms with Crippen molar-refractivity contribution in [3.8, 4) is 28.4 Å². The third-order valence-corrected chi connectivity index (χ3v) is 4.70. The van der Waals surface area contributed by atoms with Crippen LogP contribution in [0.2, 0.25) is 0 Å². The molecule has 3 aromatic carbocycles. The highest BCUT2D eigenvalue weighted by Gasteiger charge is 2.17. The zero-order valence-electron chi connectivity index (χ0n) is 16.4. The summed E-state index contributed by atoms with van der Waals surface area (Å²) in [5.74, 6) is 0.774. The Morgan fingerprint density at radius 3 is 2.17 bits per heavy atom. The van der Waals surface area contributed by atoms with E-state index in [1.807, 2.05) is 61.5 Å². The molecule has 0 aliphatic carbocycles. The lowest BCUT2D eigenvalue weighted by Crippen LogP contribution is -2.10. The normalized spacial score (nSPS) is 10.6. The first kappa shape index (κ1) is 19.1. The van der Waals surface area contributed by atoms with Crippen LogP contribution in [0.5, 0.6) is 5.75 Å². The van der Waals surface area contributed by atoms with Crippen LogP contribution in [0.1, 0.15) is 11.1 Å². The largest absolute Gasteiger partial charge is 0.503 e. The van der Waals surface area contributed by atoms with E-state index in [0.717, 1.165) is 16.7 Å². The van der Waals surface area contributed by atoms with Crippen LogP contribution < -0.4 is 11.1 Å². The fourth-order valence-electron chi connectivity index (χ4n) is 3.04. The highest BCUT2D eigenvalue weighted by atomic mass is 16.3. The summed E-state index contributed by atoms with van der Waals surface area (Å²) in [5, 5.41) is 21.6. The lowest BCUT2D eigenvalue weighted by molar-refractivity contribution is 0.475. The maximum Gasteiger partial charge on any atom is 0.185 e. The maximum absolute atomic E-state index is 10.9. The lowest BCUT2D eigenvalue weighted by Gasteiger charge is -2.14. The van der Waals surface area contributed by atoms with E-state index in [4.69, 9.17) is 11.1 Å². The number of rotatable bonds is 5. The molecule has 4 aromatic rings. The Kier molecular flexibility index (Phi) is 5.13. The Hall–Kier alpha value is -4.19. The summed E-state index contributed by atoms with van der Waals surface area (Å²) >= 11 is 0. The molecule has 0 saturated heterocycles. The summed E-state index contributed by atoms with van der Waals surface area (Å²) in [4.78, 5) is 9.20. The molecule has 6 heteroatoms. The summed E-state index contributed by atoms with van der Waals surface area (Å²) in [6.07, 6.45) is 0. The average molecular weight is 395 g/mol. The van der Waals surface area contributed by atoms with Gasteiger partial charge in [0.05, 0.1) is 0 Å². The van der Waals surface area contributed by atoms with Gasteiger partial charge in [-0.1, -0.05) is 60.2 Å². The van der Waals surface area contributed by atoms with Gasteiger partial charge in [-0.15, -0.1) is 0 Å². The fraction of sp³-hybridized carbons (Fsp3) is 0.0417. The first-order chi connectivity index (χ1) is 14.5. The molecular formula is C24H21N5O. The summed E-state index contributed by atoms with van der Waals surface area (Å²) in [5.41, 5.74) is 10.1. The molecule has 0 atom stereocenters. The fourth-order valence-corrected chi connectivity index (χ4v) is 3.04. The molecule has 148 valence electrons. The van der Waals surface area contributed by atoms with E-state index in [1.165, 1.54) is 0 Å². The maximum atomic E-state index is 10.9. The Balaban J connectivity index is 1.81. The number of hydrogen-bond donors (Lipinski definition) is 4. The van der Waals surface area contributed by atoms with Gasteiger partial charge in [0, 0.05) is 22.4 Å². The van der Waals surface area contributed by atoms with Crippen LogP contribution in [0.25, 0.3) is 22.6 Å². The number of anilines is 2. The van der Waals surface area contributed by atoms with Crippen LogP contribution in [0.4, 0.5) is 11.5 Å². The van der Waals surface area contributed by atoms with E-state index < -0.39 is 0 Å². The average Bonchev–Trinajstić information content (AvgIpc) is 2.77. The second kappa shape index (κ2) is 8.05. The number of nitrogens with zero attached hydrogens (tertiary/aromatic N) is 2. The molecule has 0 amide bonds. The van der Waals surface area contributed by atoms with Crippen molar-refractivity contribution in [2.24, 2.45) is 5.73 Å². The molecule has 0 aliphatic heterocycles. The number of nitrogens with one attached hydrogen (secondary N) is 2. The molecule has 0 radical (unpaired) electrons. The molecule has 4 rings (SSSR count). The molecule has 0 fully saturated rings. The second-order valence-electron chi connectivity index (χ2n) is 6.94. The smallest absolute Gasteiger partial charge is 0.185 e. The number of nitrogen functional groups attached to an aromatic ring is 1. The molecule has 6 nitrogen and oxygen atoms in total. The van der Waals surface area contributed by atoms with Gasteiger partial charge in [-0.2, -0.15) is 0 Å². The summed E-state index contributed by atoms with van der Waals surface area (Å²) in [6.45, 7) is 2.01. The number of hydrogen-bond acceptors (Lipinski definition) is 5. The van der Waals surface area contributed by atoms with Gasteiger partial charge in [-0.3, -0.25) is 5.41 Å². The van der Waals surface area contributed by atoms with E-state index in [1.54, 1.807) is 24.3 Å². The van der Waals surface area contributed by atoms with Crippen molar-refractivity contribution >= 4 is 17.3 Å². The molecule has 0 bridgehead atoms. The van der Waals surface area contributed by atoms with Crippen LogP contribution in [0.15, 0.2) is 78.9 Å². The number of aryl methyl sites for hydroxylation is 1. The second-order valence-corrected chi connectivity index (χ2v) is 6.94. The van der Waals surface area contributed by atoms with Crippen molar-refractivity contribution in [2.45, 2.75) is 6.92 Å². The van der Waals surface area contributed by atoms with E-state index in [-0.39, 0.29) is 11.6 Å². The Morgan fingerprint density at radius 2 is 1.53 bits per heavy atom. The van der Waals surface area contributed by atoms with Crippen LogP contribution in [0.3, 0.4) is 0 Å². The third-order valence-electron chi connectivity index (χ3n) is 4.70. The monoisotopic (exact) mass is 395 g/mol. The minimum atomic E-state index is -0.0332. The van der Waals surface area contributed by atoms with Gasteiger partial charge in [-0.25, -0.2) is 9.97 Å². The molecule has 0 unspecified atom stereocenters. The lowest BCUT2D eigenvalue weighted by atomic mass is 10.1. The van der Waals surface area contributed by atoms with E-state index in [0.29, 0.717) is 28.6 Å². The third kappa shape index (κ3) is 3.98. The van der Waals surface area contributed by atoms with Crippen molar-refractivity contribution < 1.29 is 5.11 Å². The minimum Gasteiger partial charge on any atom is -0.503 e. The first-order valence-electron chi connectivity index (χ1n) is 9.46. The van der Waals surface area contributed by atoms with Crippen molar-refractivity contribution in [1.82, 2.24) is 9.97 Å². The molecular weight excluding hydrogens is 374 g/mol. The molecule has 5 N–H and O–H groups in total. The number of amidine groups is 1. The first-order valence-corrected chi connectivity index (χ1v) is 9.46. The molecule has 0 aliphatic rings. The van der Waals surface area contributed by atoms with Gasteiger partial charge in [0.2, 0.25) is 0 Å². The van der Waals surface area contributed by atoms with Crippen molar-refractivity contribution in [3.05, 3.63) is 90.0 Å². The SMILES string of the molecule is Cc1ccc(-c2nc(-c3ccccc3)nc(Nc3ccc(C(=N)N)cc3)c2O)cc1. The topological polar surface area (TPSA) is 108 Å². The van der Waals surface area contributed by atoms with Crippen LogP contribution in [0, 0.1) is 12.3 Å². The van der Waals surface area contributed by atoms with Crippen molar-refractivity contribution in [2.75, 3.05) is 5.32 Å². The van der Waals surface area contributed by atoms with E-state index in [2.05, 4.69) is 15.3 Å². The predicted molar refractivity (Wildman–Crippen MR) is 120 cm³/mol. The minimum absolute atomic E-state index is 0.000505. The predicted octanol–water partition coefficient (Wildman–Crippen LogP) is 4.85. The number of aromatic hydroxyl groups is 1. The van der Waals surface area contributed by atoms with Crippen molar-refractivity contribution in [1.29, 1.82) is 5.41 Å². The Morgan fingerprint density at radius 1 is 0.867 bits per heavy atom. The van der Waals surface area contributed by atoms with Gasteiger partial charge in [-0.05, 0) is 31.2 Å². The highest BCUT2D eigenvalue weighted by Crippen LogP contribution is 2.36. The standard InChI is InChI=1S/C24H21N5O/c1-15-7-9-16(10-8-15)20-21(30)24(27-19-13-11-17(12-14-19)22(25)26)29-23(28-20)18-5-3-2-4-6-18/h2-14,30H,1H3,(H3,25,26)(H,27,28,29).